The summed E-state index contributed by atoms with van der Waals surface area (Å²) in [6.45, 7) is 2.38. The number of rotatable bonds is 9. The van der Waals surface area contributed by atoms with Crippen LogP contribution in [0.2, 0.25) is 0 Å². The van der Waals surface area contributed by atoms with Gasteiger partial charge in [0.1, 0.15) is 17.3 Å². The van der Waals surface area contributed by atoms with Gasteiger partial charge in [-0.15, -0.1) is 10.2 Å². The summed E-state index contributed by atoms with van der Waals surface area (Å²) >= 11 is 2.72. The molecule has 39 heavy (non-hydrogen) atoms. The molecule has 1 unspecified atom stereocenters. The van der Waals surface area contributed by atoms with Crippen LogP contribution < -0.4 is 14.4 Å². The van der Waals surface area contributed by atoms with E-state index in [1.807, 2.05) is 37.3 Å². The molecule has 1 saturated heterocycles. The Morgan fingerprint density at radius 1 is 1.00 bits per heavy atom. The van der Waals surface area contributed by atoms with Crippen LogP contribution in [0.15, 0.2) is 88.8 Å². The minimum atomic E-state index is -0.924. The topological polar surface area (TPSA) is 102 Å². The molecule has 1 aliphatic rings. The van der Waals surface area contributed by atoms with Gasteiger partial charge in [0.2, 0.25) is 5.13 Å². The van der Waals surface area contributed by atoms with Gasteiger partial charge < -0.3 is 14.6 Å². The monoisotopic (exact) mass is 559 g/mol. The highest BCUT2D eigenvalue weighted by Crippen LogP contribution is 2.44. The maximum atomic E-state index is 13.4. The Hall–Kier alpha value is -4.15. The summed E-state index contributed by atoms with van der Waals surface area (Å²) in [4.78, 5) is 28.2. The number of carbonyl (C=O) groups is 2. The SMILES string of the molecule is CCOc1ccc(/C(O)=C2/C(=O)C(=O)N(c3nnc(SCc4ccccc4)s3)C2c2cccc(OC)c2)cc1. The maximum Gasteiger partial charge on any atom is 0.301 e. The smallest absolute Gasteiger partial charge is 0.301 e. The van der Waals surface area contributed by atoms with Crippen molar-refractivity contribution in [1.82, 2.24) is 10.2 Å². The number of aromatic nitrogens is 2. The van der Waals surface area contributed by atoms with E-state index in [9.17, 15) is 14.7 Å². The number of anilines is 1. The Kier molecular flexibility index (Phi) is 7.94. The lowest BCUT2D eigenvalue weighted by molar-refractivity contribution is -0.132. The molecule has 4 aromatic rings. The zero-order chi connectivity index (χ0) is 27.4. The molecule has 10 heteroatoms. The number of ketones is 1. The van der Waals surface area contributed by atoms with Crippen molar-refractivity contribution in [3.8, 4) is 11.5 Å². The standard InChI is InChI=1S/C29H25N3O5S2/c1-3-37-21-14-12-19(13-15-21)25(33)23-24(20-10-7-11-22(16-20)36-2)32(27(35)26(23)34)28-30-31-29(39-28)38-17-18-8-5-4-6-9-18/h4-16,24,33H,3,17H2,1-2H3/b25-23-. The predicted octanol–water partition coefficient (Wildman–Crippen LogP) is 5.86. The molecular formula is C29H25N3O5S2. The van der Waals surface area contributed by atoms with Crippen LogP contribution in [0, 0.1) is 0 Å². The number of hydrogen-bond acceptors (Lipinski definition) is 9. The van der Waals surface area contributed by atoms with Crippen molar-refractivity contribution < 1.29 is 24.2 Å². The molecule has 5 rings (SSSR count). The van der Waals surface area contributed by atoms with Gasteiger partial charge in [0, 0.05) is 11.3 Å². The number of Topliss-reactive ketones (excluding diaryl/α,β-unsaturated/α-hetero) is 1. The second-order valence-corrected chi connectivity index (χ2v) is 10.7. The number of ether oxygens (including phenoxy) is 2. The first kappa shape index (κ1) is 26.5. The van der Waals surface area contributed by atoms with Crippen molar-refractivity contribution in [2.75, 3.05) is 18.6 Å². The average Bonchev–Trinajstić information content (AvgIpc) is 3.54. The molecule has 1 aliphatic heterocycles. The summed E-state index contributed by atoms with van der Waals surface area (Å²) in [5.41, 5.74) is 2.08. The molecule has 2 heterocycles. The van der Waals surface area contributed by atoms with E-state index < -0.39 is 17.7 Å². The molecule has 1 fully saturated rings. The third kappa shape index (κ3) is 5.52. The van der Waals surface area contributed by atoms with Crippen LogP contribution in [0.25, 0.3) is 5.76 Å². The Morgan fingerprint density at radius 2 is 1.77 bits per heavy atom. The molecule has 1 atom stereocenters. The van der Waals surface area contributed by atoms with Crippen LogP contribution in [0.1, 0.15) is 29.7 Å². The van der Waals surface area contributed by atoms with Gasteiger partial charge in [-0.3, -0.25) is 14.5 Å². The molecule has 0 radical (unpaired) electrons. The molecule has 8 nitrogen and oxygen atoms in total. The van der Waals surface area contributed by atoms with E-state index in [1.54, 1.807) is 48.5 Å². The van der Waals surface area contributed by atoms with Crippen molar-refractivity contribution in [3.63, 3.8) is 0 Å². The molecule has 0 bridgehead atoms. The highest BCUT2D eigenvalue weighted by atomic mass is 32.2. The number of benzene rings is 3. The minimum Gasteiger partial charge on any atom is -0.507 e. The first-order valence-electron chi connectivity index (χ1n) is 12.2. The quantitative estimate of drug-likeness (QED) is 0.0894. The third-order valence-corrected chi connectivity index (χ3v) is 8.23. The largest absolute Gasteiger partial charge is 0.507 e. The second-order valence-electron chi connectivity index (χ2n) is 8.53. The molecule has 1 aromatic heterocycles. The van der Waals surface area contributed by atoms with Gasteiger partial charge in [-0.1, -0.05) is 65.6 Å². The normalized spacial score (nSPS) is 16.5. The highest BCUT2D eigenvalue weighted by Gasteiger charge is 2.48. The van der Waals surface area contributed by atoms with Crippen molar-refractivity contribution in [1.29, 1.82) is 0 Å². The summed E-state index contributed by atoms with van der Waals surface area (Å²) in [6.07, 6.45) is 0. The summed E-state index contributed by atoms with van der Waals surface area (Å²) in [6, 6.07) is 22.8. The zero-order valence-corrected chi connectivity index (χ0v) is 22.9. The number of hydrogen-bond donors (Lipinski definition) is 1. The van der Waals surface area contributed by atoms with Crippen LogP contribution in [-0.2, 0) is 15.3 Å². The summed E-state index contributed by atoms with van der Waals surface area (Å²) in [7, 11) is 1.54. The first-order valence-corrected chi connectivity index (χ1v) is 14.0. The van der Waals surface area contributed by atoms with Gasteiger partial charge in [0.25, 0.3) is 5.78 Å². The lowest BCUT2D eigenvalue weighted by Gasteiger charge is -2.23. The Labute approximate surface area is 233 Å². The van der Waals surface area contributed by atoms with Crippen LogP contribution in [0.3, 0.4) is 0 Å². The van der Waals surface area contributed by atoms with Gasteiger partial charge in [-0.2, -0.15) is 0 Å². The van der Waals surface area contributed by atoms with E-state index in [0.717, 1.165) is 5.56 Å². The number of aliphatic hydroxyl groups is 1. The molecule has 1 amide bonds. The molecule has 3 aromatic carbocycles. The van der Waals surface area contributed by atoms with Gasteiger partial charge in [-0.25, -0.2) is 0 Å². The van der Waals surface area contributed by atoms with Crippen LogP contribution in [0.5, 0.6) is 11.5 Å². The minimum absolute atomic E-state index is 0.0360. The van der Waals surface area contributed by atoms with E-state index in [0.29, 0.717) is 39.3 Å². The van der Waals surface area contributed by atoms with Crippen molar-refractivity contribution >= 4 is 45.7 Å². The highest BCUT2D eigenvalue weighted by molar-refractivity contribution is 8.00. The lowest BCUT2D eigenvalue weighted by Crippen LogP contribution is -2.29. The van der Waals surface area contributed by atoms with E-state index >= 15 is 0 Å². The zero-order valence-electron chi connectivity index (χ0n) is 21.2. The number of nitrogens with zero attached hydrogens (tertiary/aromatic N) is 3. The number of methoxy groups -OCH3 is 1. The molecule has 0 saturated carbocycles. The molecule has 198 valence electrons. The number of thioether (sulfide) groups is 1. The van der Waals surface area contributed by atoms with E-state index in [-0.39, 0.29) is 16.5 Å². The second kappa shape index (κ2) is 11.7. The van der Waals surface area contributed by atoms with Crippen molar-refractivity contribution in [3.05, 3.63) is 101 Å². The van der Waals surface area contributed by atoms with Crippen molar-refractivity contribution in [2.24, 2.45) is 0 Å². The maximum absolute atomic E-state index is 13.4. The van der Waals surface area contributed by atoms with E-state index in [2.05, 4.69) is 10.2 Å². The van der Waals surface area contributed by atoms with Gasteiger partial charge >= 0.3 is 5.91 Å². The fourth-order valence-electron chi connectivity index (χ4n) is 4.27. The van der Waals surface area contributed by atoms with Gasteiger partial charge in [-0.05, 0) is 54.4 Å². The molecule has 0 spiro atoms. The van der Waals surface area contributed by atoms with Crippen LogP contribution in [0.4, 0.5) is 5.13 Å². The van der Waals surface area contributed by atoms with Crippen molar-refractivity contribution in [2.45, 2.75) is 23.1 Å². The number of amides is 1. The number of aliphatic hydroxyl groups excluding tert-OH is 1. The Bertz CT molecular complexity index is 1520. The predicted molar refractivity (Wildman–Crippen MR) is 151 cm³/mol. The Balaban J connectivity index is 1.55. The fourth-order valence-corrected chi connectivity index (χ4v) is 6.09. The Morgan fingerprint density at radius 3 is 2.49 bits per heavy atom. The van der Waals surface area contributed by atoms with Crippen LogP contribution >= 0.6 is 23.1 Å². The van der Waals surface area contributed by atoms with E-state index in [1.165, 1.54) is 35.1 Å². The summed E-state index contributed by atoms with van der Waals surface area (Å²) in [5.74, 6) is -0.00152. The van der Waals surface area contributed by atoms with Crippen LogP contribution in [-0.4, -0.2) is 40.7 Å². The van der Waals surface area contributed by atoms with E-state index in [4.69, 9.17) is 9.47 Å². The molecular weight excluding hydrogens is 534 g/mol. The van der Waals surface area contributed by atoms with Gasteiger partial charge in [0.15, 0.2) is 4.34 Å². The number of carbonyl (C=O) groups excluding carboxylic acids is 2. The lowest BCUT2D eigenvalue weighted by atomic mass is 9.95. The third-order valence-electron chi connectivity index (χ3n) is 6.10. The average molecular weight is 560 g/mol. The van der Waals surface area contributed by atoms with Gasteiger partial charge in [0.05, 0.1) is 25.3 Å². The molecule has 1 N–H and O–H groups in total. The molecule has 0 aliphatic carbocycles. The fraction of sp³-hybridized carbons (Fsp3) is 0.172. The first-order chi connectivity index (χ1) is 19.0. The summed E-state index contributed by atoms with van der Waals surface area (Å²) in [5, 5.41) is 20.1. The summed E-state index contributed by atoms with van der Waals surface area (Å²) < 4.78 is 11.5.